The summed E-state index contributed by atoms with van der Waals surface area (Å²) in [6.45, 7) is 9.94. The van der Waals surface area contributed by atoms with Gasteiger partial charge in [0.2, 0.25) is 0 Å². The van der Waals surface area contributed by atoms with Crippen molar-refractivity contribution in [2.24, 2.45) is 17.1 Å². The molecule has 1 aliphatic carbocycles. The molecule has 1 aromatic carbocycles. The van der Waals surface area contributed by atoms with Crippen molar-refractivity contribution < 1.29 is 0 Å². The number of rotatable bonds is 4. The molecule has 1 unspecified atom stereocenters. The fourth-order valence-corrected chi connectivity index (χ4v) is 3.10. The van der Waals surface area contributed by atoms with Gasteiger partial charge in [0.25, 0.3) is 0 Å². The molecule has 2 N–H and O–H groups in total. The van der Waals surface area contributed by atoms with Crippen molar-refractivity contribution in [1.29, 1.82) is 0 Å². The Balaban J connectivity index is 2.19. The fraction of sp³-hybridized carbons (Fsp3) is 0.625. The summed E-state index contributed by atoms with van der Waals surface area (Å²) in [7, 11) is 0. The van der Waals surface area contributed by atoms with Crippen LogP contribution in [-0.2, 0) is 11.8 Å². The third-order valence-electron chi connectivity index (χ3n) is 4.41. The third kappa shape index (κ3) is 2.13. The van der Waals surface area contributed by atoms with E-state index >= 15 is 0 Å². The van der Waals surface area contributed by atoms with Crippen LogP contribution in [0.4, 0.5) is 0 Å². The number of hydrogen-bond acceptors (Lipinski definition) is 1. The van der Waals surface area contributed by atoms with E-state index in [0.717, 1.165) is 12.5 Å². The summed E-state index contributed by atoms with van der Waals surface area (Å²) in [5.41, 5.74) is 9.48. The second-order valence-electron chi connectivity index (χ2n) is 6.64. The largest absolute Gasteiger partial charge is 0.330 e. The Bertz CT molecular complexity index is 388. The molecular formula is C16H25N. The summed E-state index contributed by atoms with van der Waals surface area (Å²) in [6, 6.07) is 9.14. The lowest BCUT2D eigenvalue weighted by Gasteiger charge is -2.19. The molecule has 1 aromatic rings. The van der Waals surface area contributed by atoms with Crippen molar-refractivity contribution in [2.45, 2.75) is 46.0 Å². The highest BCUT2D eigenvalue weighted by Gasteiger charge is 2.60. The maximum Gasteiger partial charge on any atom is 0.0132 e. The van der Waals surface area contributed by atoms with Gasteiger partial charge in [-0.25, -0.2) is 0 Å². The lowest BCUT2D eigenvalue weighted by molar-refractivity contribution is 0.502. The first kappa shape index (κ1) is 12.6. The van der Waals surface area contributed by atoms with Gasteiger partial charge in [0.05, 0.1) is 0 Å². The Hall–Kier alpha value is -0.820. The predicted octanol–water partition coefficient (Wildman–Crippen LogP) is 3.51. The normalized spacial score (nSPS) is 26.2. The van der Waals surface area contributed by atoms with E-state index in [1.807, 2.05) is 0 Å². The molecule has 17 heavy (non-hydrogen) atoms. The van der Waals surface area contributed by atoms with Crippen LogP contribution in [0.3, 0.4) is 0 Å². The minimum absolute atomic E-state index is 0.239. The van der Waals surface area contributed by atoms with Crippen molar-refractivity contribution in [2.75, 3.05) is 6.54 Å². The highest BCUT2D eigenvalue weighted by molar-refractivity contribution is 5.39. The van der Waals surface area contributed by atoms with Crippen molar-refractivity contribution >= 4 is 0 Å². The van der Waals surface area contributed by atoms with Crippen LogP contribution in [0.2, 0.25) is 0 Å². The minimum atomic E-state index is 0.239. The highest BCUT2D eigenvalue weighted by atomic mass is 14.7. The van der Waals surface area contributed by atoms with Gasteiger partial charge in [-0.3, -0.25) is 0 Å². The van der Waals surface area contributed by atoms with E-state index in [2.05, 4.69) is 52.0 Å². The van der Waals surface area contributed by atoms with Crippen LogP contribution in [0.5, 0.6) is 0 Å². The van der Waals surface area contributed by atoms with Crippen molar-refractivity contribution in [3.63, 3.8) is 0 Å². The third-order valence-corrected chi connectivity index (χ3v) is 4.41. The number of benzene rings is 1. The van der Waals surface area contributed by atoms with Crippen LogP contribution in [0.15, 0.2) is 24.3 Å². The van der Waals surface area contributed by atoms with Crippen molar-refractivity contribution in [3.8, 4) is 0 Å². The van der Waals surface area contributed by atoms with Crippen LogP contribution in [0.1, 0.15) is 45.2 Å². The van der Waals surface area contributed by atoms with Crippen LogP contribution in [0, 0.1) is 11.3 Å². The summed E-state index contributed by atoms with van der Waals surface area (Å²) in [5.74, 6) is 0.724. The SMILES string of the molecule is CC(C)Cc1ccc(C2(CN)CC2(C)C)cc1. The molecule has 0 bridgehead atoms. The molecule has 1 atom stereocenters. The van der Waals surface area contributed by atoms with Crippen molar-refractivity contribution in [1.82, 2.24) is 0 Å². The zero-order valence-electron chi connectivity index (χ0n) is 11.6. The van der Waals surface area contributed by atoms with Gasteiger partial charge in [0.1, 0.15) is 0 Å². The van der Waals surface area contributed by atoms with E-state index in [-0.39, 0.29) is 5.41 Å². The summed E-state index contributed by atoms with van der Waals surface area (Å²) in [6.07, 6.45) is 2.39. The maximum absolute atomic E-state index is 6.00. The Morgan fingerprint density at radius 3 is 2.06 bits per heavy atom. The van der Waals surface area contributed by atoms with Gasteiger partial charge in [-0.05, 0) is 35.3 Å². The molecule has 2 rings (SSSR count). The molecule has 1 saturated carbocycles. The predicted molar refractivity (Wildman–Crippen MR) is 74.1 cm³/mol. The number of hydrogen-bond donors (Lipinski definition) is 1. The van der Waals surface area contributed by atoms with E-state index in [0.29, 0.717) is 5.41 Å². The molecule has 1 nitrogen and oxygen atoms in total. The molecule has 0 radical (unpaired) electrons. The summed E-state index contributed by atoms with van der Waals surface area (Å²) in [5, 5.41) is 0. The standard InChI is InChI=1S/C16H25N/c1-12(2)9-13-5-7-14(8-6-13)16(11-17)10-15(16,3)4/h5-8,12H,9-11,17H2,1-4H3. The van der Waals surface area contributed by atoms with E-state index < -0.39 is 0 Å². The molecule has 0 spiro atoms. The van der Waals surface area contributed by atoms with Gasteiger partial charge in [-0.1, -0.05) is 52.0 Å². The van der Waals surface area contributed by atoms with E-state index in [1.54, 1.807) is 0 Å². The average Bonchev–Trinajstić information content (AvgIpc) is 2.82. The molecule has 1 fully saturated rings. The fourth-order valence-electron chi connectivity index (χ4n) is 3.10. The van der Waals surface area contributed by atoms with E-state index in [4.69, 9.17) is 5.73 Å². The van der Waals surface area contributed by atoms with Crippen molar-refractivity contribution in [3.05, 3.63) is 35.4 Å². The molecule has 0 saturated heterocycles. The highest BCUT2D eigenvalue weighted by Crippen LogP contribution is 2.63. The molecule has 94 valence electrons. The van der Waals surface area contributed by atoms with Gasteiger partial charge in [-0.15, -0.1) is 0 Å². The zero-order chi connectivity index (χ0) is 12.7. The lowest BCUT2D eigenvalue weighted by Crippen LogP contribution is -2.25. The molecular weight excluding hydrogens is 206 g/mol. The molecule has 0 amide bonds. The second kappa shape index (κ2) is 4.13. The van der Waals surface area contributed by atoms with E-state index in [1.165, 1.54) is 24.0 Å². The Morgan fingerprint density at radius 2 is 1.71 bits per heavy atom. The quantitative estimate of drug-likeness (QED) is 0.843. The Morgan fingerprint density at radius 1 is 1.18 bits per heavy atom. The molecule has 0 aromatic heterocycles. The van der Waals surface area contributed by atoms with Gasteiger partial charge in [0, 0.05) is 12.0 Å². The Kier molecular flexibility index (Phi) is 3.07. The first-order valence-corrected chi connectivity index (χ1v) is 6.71. The second-order valence-corrected chi connectivity index (χ2v) is 6.64. The molecule has 1 aliphatic rings. The number of nitrogens with two attached hydrogens (primary N) is 1. The van der Waals surface area contributed by atoms with E-state index in [9.17, 15) is 0 Å². The van der Waals surface area contributed by atoms with Crippen LogP contribution >= 0.6 is 0 Å². The summed E-state index contributed by atoms with van der Waals surface area (Å²) in [4.78, 5) is 0. The van der Waals surface area contributed by atoms with Gasteiger partial charge >= 0.3 is 0 Å². The van der Waals surface area contributed by atoms with Crippen LogP contribution in [-0.4, -0.2) is 6.54 Å². The first-order valence-electron chi connectivity index (χ1n) is 6.71. The minimum Gasteiger partial charge on any atom is -0.330 e. The lowest BCUT2D eigenvalue weighted by atomic mass is 9.87. The maximum atomic E-state index is 6.00. The monoisotopic (exact) mass is 231 g/mol. The smallest absolute Gasteiger partial charge is 0.0132 e. The summed E-state index contributed by atoms with van der Waals surface area (Å²) < 4.78 is 0. The zero-order valence-corrected chi connectivity index (χ0v) is 11.6. The Labute approximate surface area is 105 Å². The average molecular weight is 231 g/mol. The van der Waals surface area contributed by atoms with Crippen LogP contribution < -0.4 is 5.73 Å². The molecule has 0 heterocycles. The van der Waals surface area contributed by atoms with Crippen LogP contribution in [0.25, 0.3) is 0 Å². The van der Waals surface area contributed by atoms with Gasteiger partial charge < -0.3 is 5.73 Å². The van der Waals surface area contributed by atoms with Gasteiger partial charge in [0.15, 0.2) is 0 Å². The first-order chi connectivity index (χ1) is 7.91. The summed E-state index contributed by atoms with van der Waals surface area (Å²) >= 11 is 0. The van der Waals surface area contributed by atoms with Gasteiger partial charge in [-0.2, -0.15) is 0 Å². The topological polar surface area (TPSA) is 26.0 Å². The molecule has 1 heteroatoms. The molecule has 0 aliphatic heterocycles.